The van der Waals surface area contributed by atoms with Gasteiger partial charge in [0.15, 0.2) is 0 Å². The normalized spacial score (nSPS) is 20.3. The second-order valence-electron chi connectivity index (χ2n) is 6.68. The van der Waals surface area contributed by atoms with Crippen LogP contribution in [0.5, 0.6) is 0 Å². The second-order valence-corrected chi connectivity index (χ2v) is 6.68. The average molecular weight is 289 g/mol. The highest BCUT2D eigenvalue weighted by atomic mass is 15.2. The van der Waals surface area contributed by atoms with Crippen molar-refractivity contribution in [2.75, 3.05) is 52.9 Å². The summed E-state index contributed by atoms with van der Waals surface area (Å²) in [5, 5.41) is 3.64. The van der Waals surface area contributed by atoms with Crippen molar-refractivity contribution in [3.8, 4) is 0 Å². The molecule has 0 spiro atoms. The molecule has 2 rings (SSSR count). The van der Waals surface area contributed by atoms with Gasteiger partial charge < -0.3 is 15.1 Å². The summed E-state index contributed by atoms with van der Waals surface area (Å²) in [6.07, 6.45) is 0. The van der Waals surface area contributed by atoms with Crippen LogP contribution < -0.4 is 5.32 Å². The molecule has 0 aromatic heterocycles. The van der Waals surface area contributed by atoms with Gasteiger partial charge in [0.25, 0.3) is 0 Å². The molecule has 0 bridgehead atoms. The predicted octanol–water partition coefficient (Wildman–Crippen LogP) is 2.26. The Kier molecular flexibility index (Phi) is 6.68. The van der Waals surface area contributed by atoms with Gasteiger partial charge in [-0.25, -0.2) is 0 Å². The summed E-state index contributed by atoms with van der Waals surface area (Å²) >= 11 is 0. The molecule has 3 nitrogen and oxygen atoms in total. The van der Waals surface area contributed by atoms with Gasteiger partial charge in [0, 0.05) is 39.3 Å². The van der Waals surface area contributed by atoms with Crippen molar-refractivity contribution in [1.82, 2.24) is 15.1 Å². The van der Waals surface area contributed by atoms with E-state index in [-0.39, 0.29) is 0 Å². The van der Waals surface area contributed by atoms with Crippen molar-refractivity contribution < 1.29 is 0 Å². The topological polar surface area (TPSA) is 18.5 Å². The van der Waals surface area contributed by atoms with E-state index >= 15 is 0 Å². The average Bonchev–Trinajstić information content (AvgIpc) is 2.50. The van der Waals surface area contributed by atoms with E-state index in [1.54, 1.807) is 0 Å². The first-order valence-electron chi connectivity index (χ1n) is 8.31. The van der Waals surface area contributed by atoms with Crippen molar-refractivity contribution in [2.45, 2.75) is 19.8 Å². The van der Waals surface area contributed by atoms with E-state index in [4.69, 9.17) is 0 Å². The monoisotopic (exact) mass is 289 g/mol. The molecule has 1 saturated heterocycles. The van der Waals surface area contributed by atoms with Gasteiger partial charge in [0.05, 0.1) is 0 Å². The van der Waals surface area contributed by atoms with Crippen LogP contribution in [0, 0.1) is 5.92 Å². The predicted molar refractivity (Wildman–Crippen MR) is 90.8 cm³/mol. The van der Waals surface area contributed by atoms with Crippen molar-refractivity contribution in [1.29, 1.82) is 0 Å². The van der Waals surface area contributed by atoms with E-state index in [1.165, 1.54) is 38.3 Å². The standard InChI is InChI=1S/C18H31N3/c1-16(15-21-11-9-20(3)10-12-21)13-19-14-17(2)18-7-5-4-6-8-18/h4-8,16-17,19H,9-15H2,1-3H3/t16-,17+/m1/s1. The first kappa shape index (κ1) is 16.5. The lowest BCUT2D eigenvalue weighted by atomic mass is 10.0. The molecule has 21 heavy (non-hydrogen) atoms. The first-order chi connectivity index (χ1) is 10.1. The van der Waals surface area contributed by atoms with E-state index in [0.717, 1.165) is 19.0 Å². The quantitative estimate of drug-likeness (QED) is 0.831. The summed E-state index contributed by atoms with van der Waals surface area (Å²) in [5.74, 6) is 1.30. The molecule has 1 aliphatic heterocycles. The second kappa shape index (κ2) is 8.52. The van der Waals surface area contributed by atoms with Crippen LogP contribution >= 0.6 is 0 Å². The largest absolute Gasteiger partial charge is 0.316 e. The van der Waals surface area contributed by atoms with Gasteiger partial charge in [0.2, 0.25) is 0 Å². The zero-order valence-corrected chi connectivity index (χ0v) is 13.9. The highest BCUT2D eigenvalue weighted by molar-refractivity contribution is 5.18. The Hall–Kier alpha value is -0.900. The molecule has 1 aliphatic rings. The molecule has 118 valence electrons. The molecule has 0 aliphatic carbocycles. The number of likely N-dealkylation sites (N-methyl/N-ethyl adjacent to an activating group) is 1. The van der Waals surface area contributed by atoms with E-state index in [2.05, 4.69) is 66.3 Å². The Morgan fingerprint density at radius 2 is 1.67 bits per heavy atom. The van der Waals surface area contributed by atoms with Crippen LogP contribution in [0.4, 0.5) is 0 Å². The molecule has 3 heteroatoms. The lowest BCUT2D eigenvalue weighted by molar-refractivity contribution is 0.138. The molecular formula is C18H31N3. The fourth-order valence-corrected chi connectivity index (χ4v) is 2.98. The Morgan fingerprint density at radius 3 is 2.33 bits per heavy atom. The third-order valence-electron chi connectivity index (χ3n) is 4.48. The van der Waals surface area contributed by atoms with Gasteiger partial charge >= 0.3 is 0 Å². The van der Waals surface area contributed by atoms with Crippen molar-refractivity contribution in [3.05, 3.63) is 35.9 Å². The van der Waals surface area contributed by atoms with Crippen LogP contribution in [0.2, 0.25) is 0 Å². The molecule has 1 aromatic carbocycles. The fraction of sp³-hybridized carbons (Fsp3) is 0.667. The maximum atomic E-state index is 3.64. The van der Waals surface area contributed by atoms with E-state index < -0.39 is 0 Å². The molecule has 1 aromatic rings. The van der Waals surface area contributed by atoms with Crippen molar-refractivity contribution in [3.63, 3.8) is 0 Å². The summed E-state index contributed by atoms with van der Waals surface area (Å²) in [6, 6.07) is 10.8. The van der Waals surface area contributed by atoms with Crippen LogP contribution in [-0.4, -0.2) is 62.7 Å². The van der Waals surface area contributed by atoms with Gasteiger partial charge in [-0.2, -0.15) is 0 Å². The van der Waals surface area contributed by atoms with Gasteiger partial charge in [-0.3, -0.25) is 0 Å². The summed E-state index contributed by atoms with van der Waals surface area (Å²) in [5.41, 5.74) is 1.43. The minimum atomic E-state index is 0.585. The minimum absolute atomic E-state index is 0.585. The minimum Gasteiger partial charge on any atom is -0.316 e. The van der Waals surface area contributed by atoms with Crippen LogP contribution in [0.1, 0.15) is 25.3 Å². The fourth-order valence-electron chi connectivity index (χ4n) is 2.98. The van der Waals surface area contributed by atoms with Crippen molar-refractivity contribution in [2.24, 2.45) is 5.92 Å². The molecule has 1 N–H and O–H groups in total. The SMILES string of the molecule is C[C@H](CNC[C@H](C)c1ccccc1)CN1CCN(C)CC1. The Morgan fingerprint density at radius 1 is 1.00 bits per heavy atom. The molecule has 2 atom stereocenters. The molecule has 0 saturated carbocycles. The number of hydrogen-bond acceptors (Lipinski definition) is 3. The van der Waals surface area contributed by atoms with Crippen LogP contribution in [0.15, 0.2) is 30.3 Å². The van der Waals surface area contributed by atoms with Crippen LogP contribution in [-0.2, 0) is 0 Å². The number of rotatable bonds is 7. The maximum absolute atomic E-state index is 3.64. The third kappa shape index (κ3) is 5.77. The van der Waals surface area contributed by atoms with Gasteiger partial charge in [-0.1, -0.05) is 44.2 Å². The Labute approximate surface area is 130 Å². The lowest BCUT2D eigenvalue weighted by Gasteiger charge is -2.34. The summed E-state index contributed by atoms with van der Waals surface area (Å²) in [6.45, 7) is 12.9. The zero-order chi connectivity index (χ0) is 15.1. The van der Waals surface area contributed by atoms with Crippen LogP contribution in [0.3, 0.4) is 0 Å². The van der Waals surface area contributed by atoms with E-state index in [0.29, 0.717) is 5.92 Å². The molecule has 0 unspecified atom stereocenters. The number of piperazine rings is 1. The molecular weight excluding hydrogens is 258 g/mol. The zero-order valence-electron chi connectivity index (χ0n) is 13.9. The molecule has 1 fully saturated rings. The van der Waals surface area contributed by atoms with E-state index in [9.17, 15) is 0 Å². The lowest BCUT2D eigenvalue weighted by Crippen LogP contribution is -2.46. The van der Waals surface area contributed by atoms with Crippen molar-refractivity contribution >= 4 is 0 Å². The van der Waals surface area contributed by atoms with Gasteiger partial charge in [0.1, 0.15) is 0 Å². The highest BCUT2D eigenvalue weighted by Gasteiger charge is 2.16. The highest BCUT2D eigenvalue weighted by Crippen LogP contribution is 2.13. The van der Waals surface area contributed by atoms with E-state index in [1.807, 2.05) is 0 Å². The maximum Gasteiger partial charge on any atom is 0.0110 e. The summed E-state index contributed by atoms with van der Waals surface area (Å²) in [7, 11) is 2.22. The summed E-state index contributed by atoms with van der Waals surface area (Å²) < 4.78 is 0. The van der Waals surface area contributed by atoms with Gasteiger partial charge in [-0.05, 0) is 31.0 Å². The number of nitrogens with one attached hydrogen (secondary N) is 1. The smallest absolute Gasteiger partial charge is 0.0110 e. The van der Waals surface area contributed by atoms with Gasteiger partial charge in [-0.15, -0.1) is 0 Å². The summed E-state index contributed by atoms with van der Waals surface area (Å²) in [4.78, 5) is 5.02. The van der Waals surface area contributed by atoms with Crippen LogP contribution in [0.25, 0.3) is 0 Å². The number of hydrogen-bond donors (Lipinski definition) is 1. The number of benzene rings is 1. The Balaban J connectivity index is 1.62. The first-order valence-corrected chi connectivity index (χ1v) is 8.31. The molecule has 0 radical (unpaired) electrons. The molecule has 0 amide bonds. The molecule has 1 heterocycles. The number of nitrogens with zero attached hydrogens (tertiary/aromatic N) is 2. The third-order valence-corrected chi connectivity index (χ3v) is 4.48. The Bertz CT molecular complexity index is 385.